The van der Waals surface area contributed by atoms with Gasteiger partial charge in [0.1, 0.15) is 12.3 Å². The molecule has 0 atom stereocenters. The lowest BCUT2D eigenvalue weighted by molar-refractivity contribution is -0.116. The molecule has 2 aromatic carbocycles. The van der Waals surface area contributed by atoms with E-state index >= 15 is 0 Å². The second-order valence-corrected chi connectivity index (χ2v) is 7.75. The normalized spacial score (nSPS) is 11.1. The van der Waals surface area contributed by atoms with E-state index in [9.17, 15) is 18.4 Å². The number of nitrogens with one attached hydrogen (secondary N) is 1. The molecule has 10 heteroatoms. The minimum atomic E-state index is -2.89. The number of alkyl halides is 2. The van der Waals surface area contributed by atoms with Crippen LogP contribution in [0.4, 0.5) is 13.9 Å². The first-order chi connectivity index (χ1) is 14.9. The van der Waals surface area contributed by atoms with Gasteiger partial charge in [0, 0.05) is 10.4 Å². The van der Waals surface area contributed by atoms with Crippen LogP contribution in [0.25, 0.3) is 22.3 Å². The number of carbonyl (C=O) groups excluding carboxylic acids is 1. The number of nitrogens with zero attached hydrogens (tertiary/aromatic N) is 3. The zero-order valence-corrected chi connectivity index (χ0v) is 17.0. The van der Waals surface area contributed by atoms with Gasteiger partial charge in [-0.15, -0.1) is 11.3 Å². The molecule has 0 bridgehead atoms. The van der Waals surface area contributed by atoms with Gasteiger partial charge in [0.2, 0.25) is 5.91 Å². The lowest BCUT2D eigenvalue weighted by atomic mass is 10.1. The first-order valence-electron chi connectivity index (χ1n) is 9.18. The molecule has 7 nitrogen and oxygen atoms in total. The van der Waals surface area contributed by atoms with Gasteiger partial charge in [-0.3, -0.25) is 14.2 Å². The molecule has 0 aliphatic rings. The number of carbonyl (C=O) groups is 1. The van der Waals surface area contributed by atoms with E-state index in [2.05, 4.69) is 20.0 Å². The molecule has 1 N–H and O–H groups in total. The molecule has 2 aromatic heterocycles. The molecule has 2 heterocycles. The standard InChI is InChI=1S/C21H16F2N4O3S/c1-12-19(13-6-8-14(9-7-13)30-20(22)23)26-21(31-12)25-17(28)11-27-16-5-3-2-4-15(16)24-10-18(27)29/h2-10,20H,11H2,1H3,(H,25,26,28). The molecule has 31 heavy (non-hydrogen) atoms. The average molecular weight is 442 g/mol. The van der Waals surface area contributed by atoms with Gasteiger partial charge in [-0.05, 0) is 43.3 Å². The van der Waals surface area contributed by atoms with Crippen molar-refractivity contribution < 1.29 is 18.3 Å². The molecular formula is C21H16F2N4O3S. The van der Waals surface area contributed by atoms with Crippen molar-refractivity contribution >= 4 is 33.4 Å². The summed E-state index contributed by atoms with van der Waals surface area (Å²) in [5, 5.41) is 3.09. The molecule has 0 saturated heterocycles. The van der Waals surface area contributed by atoms with Gasteiger partial charge in [-0.1, -0.05) is 12.1 Å². The molecule has 0 radical (unpaired) electrons. The van der Waals surface area contributed by atoms with Gasteiger partial charge < -0.3 is 10.1 Å². The summed E-state index contributed by atoms with van der Waals surface area (Å²) in [7, 11) is 0. The Morgan fingerprint density at radius 3 is 2.68 bits per heavy atom. The van der Waals surface area contributed by atoms with Crippen molar-refractivity contribution in [3.8, 4) is 17.0 Å². The van der Waals surface area contributed by atoms with E-state index in [4.69, 9.17) is 0 Å². The molecule has 0 saturated carbocycles. The van der Waals surface area contributed by atoms with Crippen LogP contribution in [0.2, 0.25) is 0 Å². The van der Waals surface area contributed by atoms with E-state index < -0.39 is 12.5 Å². The van der Waals surface area contributed by atoms with E-state index in [1.54, 1.807) is 36.4 Å². The Labute approximate surface area is 179 Å². The summed E-state index contributed by atoms with van der Waals surface area (Å²) in [4.78, 5) is 34.1. The Hall–Kier alpha value is -3.66. The van der Waals surface area contributed by atoms with Crippen molar-refractivity contribution in [2.75, 3.05) is 5.32 Å². The highest BCUT2D eigenvalue weighted by Crippen LogP contribution is 2.31. The van der Waals surface area contributed by atoms with Crippen LogP contribution in [0.15, 0.2) is 59.5 Å². The monoisotopic (exact) mass is 442 g/mol. The van der Waals surface area contributed by atoms with Gasteiger partial charge >= 0.3 is 6.61 Å². The number of amides is 1. The zero-order valence-electron chi connectivity index (χ0n) is 16.2. The molecule has 158 valence electrons. The molecule has 0 unspecified atom stereocenters. The lowest BCUT2D eigenvalue weighted by Gasteiger charge is -2.08. The highest BCUT2D eigenvalue weighted by atomic mass is 32.1. The number of hydrogen-bond donors (Lipinski definition) is 1. The average Bonchev–Trinajstić information content (AvgIpc) is 3.10. The Bertz CT molecular complexity index is 1300. The number of anilines is 1. The molecule has 0 fully saturated rings. The highest BCUT2D eigenvalue weighted by Gasteiger charge is 2.14. The highest BCUT2D eigenvalue weighted by molar-refractivity contribution is 7.16. The first kappa shape index (κ1) is 20.6. The van der Waals surface area contributed by atoms with Crippen molar-refractivity contribution in [2.24, 2.45) is 0 Å². The predicted molar refractivity (Wildman–Crippen MR) is 114 cm³/mol. The SMILES string of the molecule is Cc1sc(NC(=O)Cn2c(=O)cnc3ccccc32)nc1-c1ccc(OC(F)F)cc1. The number of rotatable bonds is 6. The second kappa shape index (κ2) is 8.60. The summed E-state index contributed by atoms with van der Waals surface area (Å²) < 4.78 is 30.3. The van der Waals surface area contributed by atoms with Crippen LogP contribution in [0.3, 0.4) is 0 Å². The Kier molecular flexibility index (Phi) is 5.72. The maximum absolute atomic E-state index is 12.6. The van der Waals surface area contributed by atoms with Gasteiger partial charge in [0.25, 0.3) is 5.56 Å². The van der Waals surface area contributed by atoms with E-state index in [1.807, 2.05) is 6.92 Å². The zero-order chi connectivity index (χ0) is 22.0. The third kappa shape index (κ3) is 4.58. The van der Waals surface area contributed by atoms with Crippen LogP contribution in [0, 0.1) is 6.92 Å². The Balaban J connectivity index is 1.52. The predicted octanol–water partition coefficient (Wildman–Crippen LogP) is 4.07. The number of hydrogen-bond acceptors (Lipinski definition) is 6. The number of halogens is 2. The third-order valence-electron chi connectivity index (χ3n) is 4.45. The number of ether oxygens (including phenoxy) is 1. The molecule has 1 amide bonds. The van der Waals surface area contributed by atoms with Crippen LogP contribution in [0.1, 0.15) is 4.88 Å². The van der Waals surface area contributed by atoms with Crippen molar-refractivity contribution in [1.82, 2.24) is 14.5 Å². The van der Waals surface area contributed by atoms with Gasteiger partial charge in [-0.2, -0.15) is 8.78 Å². The smallest absolute Gasteiger partial charge is 0.387 e. The lowest BCUT2D eigenvalue weighted by Crippen LogP contribution is -2.27. The van der Waals surface area contributed by atoms with Gasteiger partial charge in [0.05, 0.1) is 22.9 Å². The van der Waals surface area contributed by atoms with E-state index in [-0.39, 0.29) is 17.9 Å². The number of fused-ring (bicyclic) bond motifs is 1. The first-order valence-corrected chi connectivity index (χ1v) is 9.99. The van der Waals surface area contributed by atoms with Crippen molar-refractivity contribution in [2.45, 2.75) is 20.1 Å². The summed E-state index contributed by atoms with van der Waals surface area (Å²) in [6.45, 7) is -1.23. The van der Waals surface area contributed by atoms with Gasteiger partial charge in [-0.25, -0.2) is 9.97 Å². The van der Waals surface area contributed by atoms with Crippen LogP contribution < -0.4 is 15.6 Å². The van der Waals surface area contributed by atoms with Crippen molar-refractivity contribution in [3.63, 3.8) is 0 Å². The quantitative estimate of drug-likeness (QED) is 0.487. The second-order valence-electron chi connectivity index (χ2n) is 6.55. The fraction of sp³-hybridized carbons (Fsp3) is 0.143. The molecule has 0 aliphatic carbocycles. The maximum atomic E-state index is 12.6. The fourth-order valence-corrected chi connectivity index (χ4v) is 3.94. The van der Waals surface area contributed by atoms with Crippen LogP contribution in [0.5, 0.6) is 5.75 Å². The Morgan fingerprint density at radius 2 is 1.94 bits per heavy atom. The Morgan fingerprint density at radius 1 is 1.19 bits per heavy atom. The van der Waals surface area contributed by atoms with E-state index in [0.29, 0.717) is 27.4 Å². The maximum Gasteiger partial charge on any atom is 0.387 e. The largest absolute Gasteiger partial charge is 0.435 e. The third-order valence-corrected chi connectivity index (χ3v) is 5.34. The minimum Gasteiger partial charge on any atom is -0.435 e. The van der Waals surface area contributed by atoms with E-state index in [0.717, 1.165) is 4.88 Å². The van der Waals surface area contributed by atoms with Gasteiger partial charge in [0.15, 0.2) is 5.13 Å². The molecule has 0 spiro atoms. The molecular weight excluding hydrogens is 426 g/mol. The number of aromatic nitrogens is 3. The number of thiazole rings is 1. The summed E-state index contributed by atoms with van der Waals surface area (Å²) >= 11 is 1.28. The summed E-state index contributed by atoms with van der Waals surface area (Å²) in [5.41, 5.74) is 2.12. The van der Waals surface area contributed by atoms with Crippen LogP contribution in [-0.2, 0) is 11.3 Å². The van der Waals surface area contributed by atoms with Crippen LogP contribution >= 0.6 is 11.3 Å². The number of para-hydroxylation sites is 2. The molecule has 0 aliphatic heterocycles. The summed E-state index contributed by atoms with van der Waals surface area (Å²) in [6.07, 6.45) is 1.18. The number of aryl methyl sites for hydroxylation is 1. The molecule has 4 rings (SSSR count). The topological polar surface area (TPSA) is 86.1 Å². The van der Waals surface area contributed by atoms with Crippen molar-refractivity contribution in [3.05, 3.63) is 70.0 Å². The summed E-state index contributed by atoms with van der Waals surface area (Å²) in [6, 6.07) is 13.2. The van der Waals surface area contributed by atoms with Crippen LogP contribution in [-0.4, -0.2) is 27.1 Å². The number of benzene rings is 2. The van der Waals surface area contributed by atoms with E-state index in [1.165, 1.54) is 34.2 Å². The van der Waals surface area contributed by atoms with Crippen molar-refractivity contribution in [1.29, 1.82) is 0 Å². The minimum absolute atomic E-state index is 0.0511. The summed E-state index contributed by atoms with van der Waals surface area (Å²) in [5.74, 6) is -0.352. The molecule has 4 aromatic rings. The fourth-order valence-electron chi connectivity index (χ4n) is 3.09.